The van der Waals surface area contributed by atoms with E-state index in [2.05, 4.69) is 10.3 Å². The van der Waals surface area contributed by atoms with Gasteiger partial charge in [0, 0.05) is 43.4 Å². The van der Waals surface area contributed by atoms with Gasteiger partial charge in [0.05, 0.1) is 12.1 Å². The second-order valence-electron chi connectivity index (χ2n) is 8.03. The van der Waals surface area contributed by atoms with Crippen molar-refractivity contribution in [2.45, 2.75) is 18.7 Å². The van der Waals surface area contributed by atoms with Crippen LogP contribution in [-0.4, -0.2) is 61.2 Å². The number of hydrogen-bond acceptors (Lipinski definition) is 5. The van der Waals surface area contributed by atoms with Crippen LogP contribution in [0, 0.1) is 19.7 Å². The van der Waals surface area contributed by atoms with E-state index in [1.165, 1.54) is 10.4 Å². The van der Waals surface area contributed by atoms with Crippen molar-refractivity contribution in [3.8, 4) is 0 Å². The lowest BCUT2D eigenvalue weighted by molar-refractivity contribution is -0.117. The van der Waals surface area contributed by atoms with Gasteiger partial charge in [-0.2, -0.15) is 4.31 Å². The standard InChI is InChI=1S/C23H25FN4O3S/c1-16-12-18-4-3-5-21(23(18)25-14-16)32(30,31)28-10-8-27(9-11-28)15-22(29)26-19-7-6-17(2)20(24)13-19/h3-7,12-14H,8-11,15H2,1-2H3,(H,26,29). The molecule has 1 aromatic heterocycles. The Morgan fingerprint density at radius 1 is 1.09 bits per heavy atom. The van der Waals surface area contributed by atoms with Crippen molar-refractivity contribution in [1.82, 2.24) is 14.2 Å². The summed E-state index contributed by atoms with van der Waals surface area (Å²) >= 11 is 0. The number of piperazine rings is 1. The number of carbonyl (C=O) groups is 1. The lowest BCUT2D eigenvalue weighted by atomic mass is 10.2. The van der Waals surface area contributed by atoms with E-state index in [4.69, 9.17) is 0 Å². The zero-order valence-corrected chi connectivity index (χ0v) is 18.8. The highest BCUT2D eigenvalue weighted by Crippen LogP contribution is 2.25. The molecule has 0 saturated carbocycles. The average Bonchev–Trinajstić information content (AvgIpc) is 2.76. The summed E-state index contributed by atoms with van der Waals surface area (Å²) in [6, 6.07) is 11.6. The number of benzene rings is 2. The lowest BCUT2D eigenvalue weighted by Crippen LogP contribution is -2.50. The number of carbonyl (C=O) groups excluding carboxylic acids is 1. The van der Waals surface area contributed by atoms with Crippen LogP contribution in [0.15, 0.2) is 53.6 Å². The molecule has 1 aliphatic rings. The summed E-state index contributed by atoms with van der Waals surface area (Å²) in [5, 5.41) is 3.47. The maximum Gasteiger partial charge on any atom is 0.245 e. The van der Waals surface area contributed by atoms with E-state index in [-0.39, 0.29) is 36.3 Å². The monoisotopic (exact) mass is 456 g/mol. The summed E-state index contributed by atoms with van der Waals surface area (Å²) in [5.41, 5.74) is 2.34. The van der Waals surface area contributed by atoms with Gasteiger partial charge in [0.2, 0.25) is 15.9 Å². The number of fused-ring (bicyclic) bond motifs is 1. The molecule has 1 saturated heterocycles. The molecule has 0 atom stereocenters. The molecule has 7 nitrogen and oxygen atoms in total. The predicted molar refractivity (Wildman–Crippen MR) is 121 cm³/mol. The first-order chi connectivity index (χ1) is 15.2. The maximum atomic E-state index is 13.7. The number of amides is 1. The average molecular weight is 457 g/mol. The normalized spacial score (nSPS) is 15.7. The fourth-order valence-electron chi connectivity index (χ4n) is 3.79. The molecule has 1 amide bonds. The zero-order chi connectivity index (χ0) is 22.9. The number of sulfonamides is 1. The predicted octanol–water partition coefficient (Wildman–Crippen LogP) is 2.94. The van der Waals surface area contributed by atoms with Crippen LogP contribution in [-0.2, 0) is 14.8 Å². The van der Waals surface area contributed by atoms with E-state index >= 15 is 0 Å². The second-order valence-corrected chi connectivity index (χ2v) is 9.94. The van der Waals surface area contributed by atoms with Crippen molar-refractivity contribution in [1.29, 1.82) is 0 Å². The molecule has 0 aliphatic carbocycles. The number of anilines is 1. The molecule has 168 valence electrons. The maximum absolute atomic E-state index is 13.7. The van der Waals surface area contributed by atoms with Crippen molar-refractivity contribution < 1.29 is 17.6 Å². The summed E-state index contributed by atoms with van der Waals surface area (Å²) in [4.78, 5) is 18.8. The summed E-state index contributed by atoms with van der Waals surface area (Å²) in [6.07, 6.45) is 1.66. The molecule has 0 bridgehead atoms. The van der Waals surface area contributed by atoms with Crippen LogP contribution in [0.2, 0.25) is 0 Å². The van der Waals surface area contributed by atoms with Crippen LogP contribution >= 0.6 is 0 Å². The minimum absolute atomic E-state index is 0.110. The number of halogens is 1. The van der Waals surface area contributed by atoms with Crippen LogP contribution in [0.25, 0.3) is 10.9 Å². The highest BCUT2D eigenvalue weighted by molar-refractivity contribution is 7.89. The topological polar surface area (TPSA) is 82.6 Å². The van der Waals surface area contributed by atoms with Gasteiger partial charge >= 0.3 is 0 Å². The van der Waals surface area contributed by atoms with E-state index in [0.29, 0.717) is 29.9 Å². The second kappa shape index (κ2) is 8.93. The molecule has 0 radical (unpaired) electrons. The van der Waals surface area contributed by atoms with Crippen molar-refractivity contribution in [3.05, 3.63) is 65.6 Å². The fourth-order valence-corrected chi connectivity index (χ4v) is 5.38. The number of para-hydroxylation sites is 1. The number of aromatic nitrogens is 1. The minimum atomic E-state index is -3.71. The SMILES string of the molecule is Cc1cnc2c(S(=O)(=O)N3CCN(CC(=O)Nc4ccc(C)c(F)c4)CC3)cccc2c1. The van der Waals surface area contributed by atoms with Gasteiger partial charge in [-0.25, -0.2) is 12.8 Å². The number of pyridine rings is 1. The van der Waals surface area contributed by atoms with Crippen molar-refractivity contribution >= 4 is 32.5 Å². The summed E-state index contributed by atoms with van der Waals surface area (Å²) in [7, 11) is -3.71. The van der Waals surface area contributed by atoms with Crippen LogP contribution in [0.1, 0.15) is 11.1 Å². The van der Waals surface area contributed by atoms with E-state index in [1.54, 1.807) is 37.4 Å². The number of hydrogen-bond donors (Lipinski definition) is 1. The molecule has 3 aromatic rings. The number of nitrogens with zero attached hydrogens (tertiary/aromatic N) is 3. The van der Waals surface area contributed by atoms with E-state index in [9.17, 15) is 17.6 Å². The first kappa shape index (κ1) is 22.3. The van der Waals surface area contributed by atoms with Gasteiger partial charge < -0.3 is 5.32 Å². The largest absolute Gasteiger partial charge is 0.325 e. The van der Waals surface area contributed by atoms with Gasteiger partial charge in [0.15, 0.2) is 0 Å². The number of rotatable bonds is 5. The molecule has 4 rings (SSSR count). The molecule has 0 spiro atoms. The first-order valence-electron chi connectivity index (χ1n) is 10.4. The van der Waals surface area contributed by atoms with Crippen LogP contribution in [0.3, 0.4) is 0 Å². The first-order valence-corrected chi connectivity index (χ1v) is 11.8. The van der Waals surface area contributed by atoms with Gasteiger partial charge in [0.1, 0.15) is 10.7 Å². The Kier molecular flexibility index (Phi) is 6.23. The van der Waals surface area contributed by atoms with Crippen molar-refractivity contribution in [3.63, 3.8) is 0 Å². The van der Waals surface area contributed by atoms with Crippen LogP contribution in [0.4, 0.5) is 10.1 Å². The molecule has 1 N–H and O–H groups in total. The summed E-state index contributed by atoms with van der Waals surface area (Å²) < 4.78 is 41.6. The molecule has 2 aromatic carbocycles. The molecule has 1 aliphatic heterocycles. The minimum Gasteiger partial charge on any atom is -0.325 e. The van der Waals surface area contributed by atoms with E-state index in [1.807, 2.05) is 24.0 Å². The Hall–Kier alpha value is -2.88. The highest BCUT2D eigenvalue weighted by atomic mass is 32.2. The number of nitrogens with one attached hydrogen (secondary N) is 1. The molecular formula is C23H25FN4O3S. The van der Waals surface area contributed by atoms with Gasteiger partial charge in [-0.05, 0) is 49.2 Å². The third-order valence-electron chi connectivity index (χ3n) is 5.58. The molecule has 0 unspecified atom stereocenters. The molecule has 1 fully saturated rings. The smallest absolute Gasteiger partial charge is 0.245 e. The molecule has 2 heterocycles. The van der Waals surface area contributed by atoms with Crippen molar-refractivity contribution in [2.24, 2.45) is 0 Å². The third kappa shape index (κ3) is 4.64. The van der Waals surface area contributed by atoms with Crippen LogP contribution < -0.4 is 5.32 Å². The van der Waals surface area contributed by atoms with E-state index < -0.39 is 10.0 Å². The summed E-state index contributed by atoms with van der Waals surface area (Å²) in [6.45, 7) is 5.08. The van der Waals surface area contributed by atoms with Gasteiger partial charge in [0.25, 0.3) is 0 Å². The van der Waals surface area contributed by atoms with Crippen LogP contribution in [0.5, 0.6) is 0 Å². The Balaban J connectivity index is 1.40. The highest BCUT2D eigenvalue weighted by Gasteiger charge is 2.30. The van der Waals surface area contributed by atoms with Gasteiger partial charge in [-0.1, -0.05) is 18.2 Å². The fraction of sp³-hybridized carbons (Fsp3) is 0.304. The summed E-state index contributed by atoms with van der Waals surface area (Å²) in [5.74, 6) is -0.641. The molecule has 9 heteroatoms. The third-order valence-corrected chi connectivity index (χ3v) is 7.51. The Morgan fingerprint density at radius 2 is 1.84 bits per heavy atom. The molecule has 32 heavy (non-hydrogen) atoms. The quantitative estimate of drug-likeness (QED) is 0.638. The Bertz CT molecular complexity index is 1270. The van der Waals surface area contributed by atoms with E-state index in [0.717, 1.165) is 10.9 Å². The van der Waals surface area contributed by atoms with Gasteiger partial charge in [-0.3, -0.25) is 14.7 Å². The van der Waals surface area contributed by atoms with Gasteiger partial charge in [-0.15, -0.1) is 0 Å². The van der Waals surface area contributed by atoms with Crippen molar-refractivity contribution in [2.75, 3.05) is 38.0 Å². The Labute approximate surface area is 186 Å². The Morgan fingerprint density at radius 3 is 2.56 bits per heavy atom. The zero-order valence-electron chi connectivity index (χ0n) is 18.0. The molecular weight excluding hydrogens is 431 g/mol. The number of aryl methyl sites for hydroxylation is 2. The lowest BCUT2D eigenvalue weighted by Gasteiger charge is -2.33.